The van der Waals surface area contributed by atoms with E-state index in [1.165, 1.54) is 12.1 Å². The molecule has 5 heteroatoms. The molecule has 1 aromatic rings. The average molecular weight is 229 g/mol. The zero-order chi connectivity index (χ0) is 11.9. The number of benzene rings is 1. The normalized spacial score (nSPS) is 12.9. The van der Waals surface area contributed by atoms with E-state index in [4.69, 9.17) is 5.14 Å². The molecule has 0 aliphatic heterocycles. The Balaban J connectivity index is 3.34. The summed E-state index contributed by atoms with van der Waals surface area (Å²) in [6.07, 6.45) is 0. The van der Waals surface area contributed by atoms with Crippen molar-refractivity contribution in [2.24, 2.45) is 5.14 Å². The van der Waals surface area contributed by atoms with E-state index in [9.17, 15) is 13.5 Å². The molecule has 15 heavy (non-hydrogen) atoms. The van der Waals surface area contributed by atoms with Crippen LogP contribution in [0.3, 0.4) is 0 Å². The summed E-state index contributed by atoms with van der Waals surface area (Å²) >= 11 is 0. The Labute approximate surface area is 89.8 Å². The lowest BCUT2D eigenvalue weighted by Gasteiger charge is -2.20. The van der Waals surface area contributed by atoms with Gasteiger partial charge in [0, 0.05) is 0 Å². The summed E-state index contributed by atoms with van der Waals surface area (Å²) in [6, 6.07) is 4.44. The fourth-order valence-corrected chi connectivity index (χ4v) is 2.10. The van der Waals surface area contributed by atoms with Gasteiger partial charge >= 0.3 is 0 Å². The standard InChI is InChI=1S/C10H15NO3S/c1-7-6-8(15(11,13)14)4-5-9(7)10(2,3)12/h4-6,12H,1-3H3,(H2,11,13,14). The molecule has 0 aromatic heterocycles. The molecule has 4 nitrogen and oxygen atoms in total. The Kier molecular flexibility index (Phi) is 2.91. The Morgan fingerprint density at radius 1 is 1.33 bits per heavy atom. The molecule has 3 N–H and O–H groups in total. The van der Waals surface area contributed by atoms with Gasteiger partial charge in [-0.3, -0.25) is 0 Å². The van der Waals surface area contributed by atoms with Crippen molar-refractivity contribution in [2.45, 2.75) is 31.3 Å². The van der Waals surface area contributed by atoms with E-state index in [2.05, 4.69) is 0 Å². The highest BCUT2D eigenvalue weighted by Crippen LogP contribution is 2.24. The van der Waals surface area contributed by atoms with Crippen molar-refractivity contribution < 1.29 is 13.5 Å². The number of sulfonamides is 1. The van der Waals surface area contributed by atoms with Crippen LogP contribution in [0.1, 0.15) is 25.0 Å². The predicted octanol–water partition coefficient (Wildman–Crippen LogP) is 0.870. The fraction of sp³-hybridized carbons (Fsp3) is 0.400. The zero-order valence-electron chi connectivity index (χ0n) is 8.98. The van der Waals surface area contributed by atoms with E-state index in [1.807, 2.05) is 0 Å². The van der Waals surface area contributed by atoms with Gasteiger partial charge in [-0.05, 0) is 44.0 Å². The molecule has 0 atom stereocenters. The van der Waals surface area contributed by atoms with Crippen molar-refractivity contribution in [3.05, 3.63) is 29.3 Å². The summed E-state index contributed by atoms with van der Waals surface area (Å²) in [5, 5.41) is 14.8. The van der Waals surface area contributed by atoms with Gasteiger partial charge in [-0.15, -0.1) is 0 Å². The van der Waals surface area contributed by atoms with Crippen molar-refractivity contribution in [1.82, 2.24) is 0 Å². The minimum Gasteiger partial charge on any atom is -0.386 e. The van der Waals surface area contributed by atoms with E-state index in [1.54, 1.807) is 26.8 Å². The van der Waals surface area contributed by atoms with Gasteiger partial charge in [-0.25, -0.2) is 13.6 Å². The molecule has 84 valence electrons. The molecule has 1 aromatic carbocycles. The third-order valence-corrected chi connectivity index (χ3v) is 3.10. The molecule has 0 saturated carbocycles. The number of aryl methyl sites for hydroxylation is 1. The van der Waals surface area contributed by atoms with Crippen LogP contribution in [0.2, 0.25) is 0 Å². The second-order valence-corrected chi connectivity index (χ2v) is 5.64. The maximum atomic E-state index is 11.1. The van der Waals surface area contributed by atoms with Crippen LogP contribution in [0.15, 0.2) is 23.1 Å². The van der Waals surface area contributed by atoms with Crippen LogP contribution >= 0.6 is 0 Å². The Morgan fingerprint density at radius 3 is 2.20 bits per heavy atom. The molecule has 0 aliphatic rings. The lowest BCUT2D eigenvalue weighted by molar-refractivity contribution is 0.0778. The highest BCUT2D eigenvalue weighted by atomic mass is 32.2. The Hall–Kier alpha value is -0.910. The summed E-state index contributed by atoms with van der Waals surface area (Å²) in [4.78, 5) is 0.0630. The zero-order valence-corrected chi connectivity index (χ0v) is 9.80. The quantitative estimate of drug-likeness (QED) is 0.789. The molecule has 0 amide bonds. The van der Waals surface area contributed by atoms with Crippen molar-refractivity contribution in [1.29, 1.82) is 0 Å². The number of primary sulfonamides is 1. The number of nitrogens with two attached hydrogens (primary N) is 1. The van der Waals surface area contributed by atoms with Gasteiger partial charge in [-0.2, -0.15) is 0 Å². The topological polar surface area (TPSA) is 80.4 Å². The van der Waals surface area contributed by atoms with Crippen molar-refractivity contribution in [3.63, 3.8) is 0 Å². The second kappa shape index (κ2) is 3.59. The third kappa shape index (κ3) is 2.77. The molecule has 0 radical (unpaired) electrons. The van der Waals surface area contributed by atoms with Gasteiger partial charge in [0.1, 0.15) is 0 Å². The van der Waals surface area contributed by atoms with E-state index in [-0.39, 0.29) is 4.90 Å². The first-order chi connectivity index (χ1) is 6.62. The first kappa shape index (κ1) is 12.2. The van der Waals surface area contributed by atoms with E-state index in [0.29, 0.717) is 11.1 Å². The first-order valence-corrected chi connectivity index (χ1v) is 6.03. The van der Waals surface area contributed by atoms with Gasteiger partial charge in [0.2, 0.25) is 10.0 Å². The summed E-state index contributed by atoms with van der Waals surface area (Å²) in [5.74, 6) is 0. The number of hydrogen-bond acceptors (Lipinski definition) is 3. The monoisotopic (exact) mass is 229 g/mol. The summed E-state index contributed by atoms with van der Waals surface area (Å²) < 4.78 is 22.1. The van der Waals surface area contributed by atoms with Crippen LogP contribution in [-0.2, 0) is 15.6 Å². The first-order valence-electron chi connectivity index (χ1n) is 4.48. The Morgan fingerprint density at radius 2 is 1.87 bits per heavy atom. The van der Waals surface area contributed by atoms with Gasteiger partial charge in [-0.1, -0.05) is 6.07 Å². The van der Waals surface area contributed by atoms with Gasteiger partial charge in [0.05, 0.1) is 10.5 Å². The van der Waals surface area contributed by atoms with Crippen molar-refractivity contribution in [3.8, 4) is 0 Å². The van der Waals surface area contributed by atoms with E-state index in [0.717, 1.165) is 0 Å². The molecule has 0 fully saturated rings. The maximum Gasteiger partial charge on any atom is 0.238 e. The molecule has 0 spiro atoms. The highest BCUT2D eigenvalue weighted by molar-refractivity contribution is 7.89. The SMILES string of the molecule is Cc1cc(S(N)(=O)=O)ccc1C(C)(C)O. The summed E-state index contributed by atoms with van der Waals surface area (Å²) in [6.45, 7) is 5.03. The van der Waals surface area contributed by atoms with Crippen LogP contribution in [-0.4, -0.2) is 13.5 Å². The number of aliphatic hydroxyl groups is 1. The fourth-order valence-electron chi connectivity index (χ4n) is 1.50. The maximum absolute atomic E-state index is 11.1. The van der Waals surface area contributed by atoms with Crippen LogP contribution in [0.25, 0.3) is 0 Å². The minimum absolute atomic E-state index is 0.0630. The third-order valence-electron chi connectivity index (χ3n) is 2.19. The minimum atomic E-state index is -3.67. The van der Waals surface area contributed by atoms with E-state index < -0.39 is 15.6 Å². The summed E-state index contributed by atoms with van der Waals surface area (Å²) in [7, 11) is -3.67. The lowest BCUT2D eigenvalue weighted by Crippen LogP contribution is -2.18. The van der Waals surface area contributed by atoms with E-state index >= 15 is 0 Å². The molecule has 0 aliphatic carbocycles. The van der Waals surface area contributed by atoms with Gasteiger partial charge in [0.15, 0.2) is 0 Å². The van der Waals surface area contributed by atoms with Crippen LogP contribution in [0.4, 0.5) is 0 Å². The molecule has 1 rings (SSSR count). The predicted molar refractivity (Wildman–Crippen MR) is 57.8 cm³/mol. The van der Waals surface area contributed by atoms with Gasteiger partial charge in [0.25, 0.3) is 0 Å². The smallest absolute Gasteiger partial charge is 0.238 e. The van der Waals surface area contributed by atoms with Crippen molar-refractivity contribution >= 4 is 10.0 Å². The Bertz CT molecular complexity index is 472. The molecule has 0 bridgehead atoms. The molecular formula is C10H15NO3S. The summed E-state index contributed by atoms with van der Waals surface area (Å²) in [5.41, 5.74) is 0.407. The highest BCUT2D eigenvalue weighted by Gasteiger charge is 2.19. The second-order valence-electron chi connectivity index (χ2n) is 4.08. The molecule has 0 saturated heterocycles. The van der Waals surface area contributed by atoms with Gasteiger partial charge < -0.3 is 5.11 Å². The average Bonchev–Trinajstić information content (AvgIpc) is 1.99. The largest absolute Gasteiger partial charge is 0.386 e. The van der Waals surface area contributed by atoms with Crippen molar-refractivity contribution in [2.75, 3.05) is 0 Å². The number of rotatable bonds is 2. The van der Waals surface area contributed by atoms with Crippen LogP contribution in [0.5, 0.6) is 0 Å². The molecule has 0 heterocycles. The lowest BCUT2D eigenvalue weighted by atomic mass is 9.94. The van der Waals surface area contributed by atoms with Crippen LogP contribution in [0, 0.1) is 6.92 Å². The van der Waals surface area contributed by atoms with Crippen LogP contribution < -0.4 is 5.14 Å². The number of hydrogen-bond donors (Lipinski definition) is 2. The molecular weight excluding hydrogens is 214 g/mol. The molecule has 0 unspecified atom stereocenters.